The summed E-state index contributed by atoms with van der Waals surface area (Å²) >= 11 is 0. The van der Waals surface area contributed by atoms with E-state index in [2.05, 4.69) is 19.0 Å². The van der Waals surface area contributed by atoms with Gasteiger partial charge in [0.2, 0.25) is 0 Å². The molecule has 3 rings (SSSR count). The van der Waals surface area contributed by atoms with Gasteiger partial charge < -0.3 is 9.64 Å². The Morgan fingerprint density at radius 3 is 2.62 bits per heavy atom. The van der Waals surface area contributed by atoms with E-state index in [0.717, 1.165) is 54.2 Å². The number of hydrogen-bond donors (Lipinski definition) is 0. The predicted molar refractivity (Wildman–Crippen MR) is 93.8 cm³/mol. The van der Waals surface area contributed by atoms with Crippen LogP contribution in [0, 0.1) is 0 Å². The van der Waals surface area contributed by atoms with Crippen molar-refractivity contribution in [1.29, 1.82) is 0 Å². The molecule has 0 bridgehead atoms. The van der Waals surface area contributed by atoms with Crippen LogP contribution in [-0.4, -0.2) is 48.2 Å². The summed E-state index contributed by atoms with van der Waals surface area (Å²) in [5, 5.41) is 4.79. The largest absolute Gasteiger partial charge is 0.497 e. The van der Waals surface area contributed by atoms with Gasteiger partial charge in [0.25, 0.3) is 0 Å². The van der Waals surface area contributed by atoms with Gasteiger partial charge in [-0.15, -0.1) is 0 Å². The van der Waals surface area contributed by atoms with Gasteiger partial charge in [0.15, 0.2) is 5.78 Å². The molecule has 5 heteroatoms. The van der Waals surface area contributed by atoms with E-state index >= 15 is 0 Å². The number of carbonyl (C=O) groups is 1. The van der Waals surface area contributed by atoms with Crippen LogP contribution in [-0.2, 0) is 19.4 Å². The summed E-state index contributed by atoms with van der Waals surface area (Å²) in [6.45, 7) is 1.75. The third-order valence-electron chi connectivity index (χ3n) is 4.52. The quantitative estimate of drug-likeness (QED) is 0.818. The highest BCUT2D eigenvalue weighted by Gasteiger charge is 2.26. The lowest BCUT2D eigenvalue weighted by atomic mass is 9.92. The van der Waals surface area contributed by atoms with Gasteiger partial charge in [0, 0.05) is 25.1 Å². The van der Waals surface area contributed by atoms with Crippen LogP contribution in [0.25, 0.3) is 0 Å². The number of rotatable bonds is 6. The van der Waals surface area contributed by atoms with Crippen LogP contribution < -0.4 is 4.74 Å². The molecule has 0 amide bonds. The first-order valence-corrected chi connectivity index (χ1v) is 8.48. The molecule has 0 N–H and O–H groups in total. The van der Waals surface area contributed by atoms with E-state index in [9.17, 15) is 4.79 Å². The van der Waals surface area contributed by atoms with Crippen LogP contribution in [0.5, 0.6) is 5.75 Å². The van der Waals surface area contributed by atoms with Gasteiger partial charge in [-0.1, -0.05) is 12.1 Å². The number of likely N-dealkylation sites (N-methyl/N-ethyl adjacent to an activating group) is 1. The molecule has 0 fully saturated rings. The highest BCUT2D eigenvalue weighted by atomic mass is 16.5. The first-order valence-electron chi connectivity index (χ1n) is 8.48. The fourth-order valence-electron chi connectivity index (χ4n) is 3.21. The standard InChI is InChI=1S/C19H25N3O2/c1-21(2)11-12-22-17-5-4-6-18(23)19(17)16(20-22)13-14-7-9-15(24-3)10-8-14/h7-10H,4-6,11-13H2,1-3H3. The Bertz CT molecular complexity index is 717. The second-order valence-corrected chi connectivity index (χ2v) is 6.60. The maximum absolute atomic E-state index is 12.5. The van der Waals surface area contributed by atoms with Crippen molar-refractivity contribution in [3.8, 4) is 5.75 Å². The SMILES string of the molecule is COc1ccc(Cc2nn(CCN(C)C)c3c2C(=O)CCC3)cc1. The number of benzene rings is 1. The molecule has 1 aromatic heterocycles. The zero-order valence-corrected chi connectivity index (χ0v) is 14.7. The monoisotopic (exact) mass is 327 g/mol. The minimum Gasteiger partial charge on any atom is -0.497 e. The number of aromatic nitrogens is 2. The summed E-state index contributed by atoms with van der Waals surface area (Å²) in [5.41, 5.74) is 4.06. The van der Waals surface area contributed by atoms with E-state index in [-0.39, 0.29) is 5.78 Å². The molecule has 5 nitrogen and oxygen atoms in total. The van der Waals surface area contributed by atoms with E-state index in [1.165, 1.54) is 0 Å². The van der Waals surface area contributed by atoms with Gasteiger partial charge in [0.1, 0.15) is 5.75 Å². The molecule has 1 aromatic carbocycles. The predicted octanol–water partition coefficient (Wildman–Crippen LogP) is 2.56. The van der Waals surface area contributed by atoms with Crippen LogP contribution in [0.4, 0.5) is 0 Å². The fourth-order valence-corrected chi connectivity index (χ4v) is 3.21. The summed E-state index contributed by atoms with van der Waals surface area (Å²) < 4.78 is 7.25. The maximum atomic E-state index is 12.5. The zero-order valence-electron chi connectivity index (χ0n) is 14.7. The van der Waals surface area contributed by atoms with Crippen LogP contribution in [0.2, 0.25) is 0 Å². The smallest absolute Gasteiger partial charge is 0.166 e. The number of hydrogen-bond acceptors (Lipinski definition) is 4. The summed E-state index contributed by atoms with van der Waals surface area (Å²) in [6.07, 6.45) is 3.21. The third kappa shape index (κ3) is 3.51. The van der Waals surface area contributed by atoms with E-state index in [1.807, 2.05) is 28.9 Å². The molecule has 128 valence electrons. The highest BCUT2D eigenvalue weighted by Crippen LogP contribution is 2.26. The molecule has 0 saturated carbocycles. The van der Waals surface area contributed by atoms with Crippen LogP contribution in [0.15, 0.2) is 24.3 Å². The van der Waals surface area contributed by atoms with Crippen molar-refractivity contribution < 1.29 is 9.53 Å². The number of nitrogens with zero attached hydrogens (tertiary/aromatic N) is 3. The van der Waals surface area contributed by atoms with E-state index < -0.39 is 0 Å². The first-order chi connectivity index (χ1) is 11.6. The molecule has 0 atom stereocenters. The number of carbonyl (C=O) groups excluding carboxylic acids is 1. The lowest BCUT2D eigenvalue weighted by Crippen LogP contribution is -2.21. The van der Waals surface area contributed by atoms with E-state index in [0.29, 0.717) is 12.8 Å². The van der Waals surface area contributed by atoms with Crippen molar-refractivity contribution in [2.75, 3.05) is 27.7 Å². The molecular weight excluding hydrogens is 302 g/mol. The zero-order chi connectivity index (χ0) is 17.1. The number of methoxy groups -OCH3 is 1. The Morgan fingerprint density at radius 2 is 1.96 bits per heavy atom. The van der Waals surface area contributed by atoms with E-state index in [4.69, 9.17) is 9.84 Å². The second kappa shape index (κ2) is 7.18. The van der Waals surface area contributed by atoms with Crippen LogP contribution in [0.3, 0.4) is 0 Å². The first kappa shape index (κ1) is 16.7. The van der Waals surface area contributed by atoms with Crippen molar-refractivity contribution in [2.45, 2.75) is 32.2 Å². The molecule has 0 saturated heterocycles. The minimum atomic E-state index is 0.246. The van der Waals surface area contributed by atoms with Gasteiger partial charge in [-0.3, -0.25) is 9.48 Å². The average molecular weight is 327 g/mol. The van der Waals surface area contributed by atoms with Crippen molar-refractivity contribution in [3.63, 3.8) is 0 Å². The molecule has 0 radical (unpaired) electrons. The molecule has 2 aromatic rings. The second-order valence-electron chi connectivity index (χ2n) is 6.60. The van der Waals surface area contributed by atoms with Gasteiger partial charge >= 0.3 is 0 Å². The van der Waals surface area contributed by atoms with Crippen LogP contribution >= 0.6 is 0 Å². The van der Waals surface area contributed by atoms with Crippen LogP contribution in [0.1, 0.15) is 40.2 Å². The van der Waals surface area contributed by atoms with Crippen molar-refractivity contribution in [3.05, 3.63) is 46.8 Å². The Kier molecular flexibility index (Phi) is 5.00. The fraction of sp³-hybridized carbons (Fsp3) is 0.474. The maximum Gasteiger partial charge on any atom is 0.166 e. The molecule has 0 unspecified atom stereocenters. The Balaban J connectivity index is 1.89. The highest BCUT2D eigenvalue weighted by molar-refractivity contribution is 5.99. The Morgan fingerprint density at radius 1 is 1.21 bits per heavy atom. The van der Waals surface area contributed by atoms with Gasteiger partial charge in [-0.25, -0.2) is 0 Å². The summed E-state index contributed by atoms with van der Waals surface area (Å²) in [6, 6.07) is 7.98. The number of fused-ring (bicyclic) bond motifs is 1. The van der Waals surface area contributed by atoms with Crippen molar-refractivity contribution in [1.82, 2.24) is 14.7 Å². The lowest BCUT2D eigenvalue weighted by Gasteiger charge is -2.15. The molecule has 0 spiro atoms. The average Bonchev–Trinajstić information content (AvgIpc) is 2.93. The number of Topliss-reactive ketones (excluding diaryl/α,β-unsaturated/α-hetero) is 1. The van der Waals surface area contributed by atoms with Gasteiger partial charge in [-0.2, -0.15) is 5.10 Å². The number of ketones is 1. The minimum absolute atomic E-state index is 0.246. The summed E-state index contributed by atoms with van der Waals surface area (Å²) in [7, 11) is 5.77. The molecule has 0 aliphatic heterocycles. The van der Waals surface area contributed by atoms with Gasteiger partial charge in [0.05, 0.1) is 24.9 Å². The Hall–Kier alpha value is -2.14. The normalized spacial score (nSPS) is 14.1. The molecule has 1 aliphatic rings. The topological polar surface area (TPSA) is 47.4 Å². The van der Waals surface area contributed by atoms with Gasteiger partial charge in [-0.05, 0) is 44.6 Å². The summed E-state index contributed by atoms with van der Waals surface area (Å²) in [4.78, 5) is 14.6. The molecule has 24 heavy (non-hydrogen) atoms. The third-order valence-corrected chi connectivity index (χ3v) is 4.52. The van der Waals surface area contributed by atoms with Crippen molar-refractivity contribution in [2.24, 2.45) is 0 Å². The number of ether oxygens (including phenoxy) is 1. The molecular formula is C19H25N3O2. The Labute approximate surface area is 143 Å². The molecule has 1 heterocycles. The summed E-state index contributed by atoms with van der Waals surface area (Å²) in [5.74, 6) is 1.09. The van der Waals surface area contributed by atoms with Crippen molar-refractivity contribution >= 4 is 5.78 Å². The molecule has 1 aliphatic carbocycles. The lowest BCUT2D eigenvalue weighted by molar-refractivity contribution is 0.0971. The van der Waals surface area contributed by atoms with E-state index in [1.54, 1.807) is 7.11 Å².